The molecule has 0 amide bonds. The van der Waals surface area contributed by atoms with Gasteiger partial charge in [0.15, 0.2) is 0 Å². The Hall–Kier alpha value is -0.360. The van der Waals surface area contributed by atoms with Gasteiger partial charge in [-0.05, 0) is 24.3 Å². The lowest BCUT2D eigenvalue weighted by molar-refractivity contribution is -0.143. The van der Waals surface area contributed by atoms with Crippen molar-refractivity contribution in [3.63, 3.8) is 0 Å². The van der Waals surface area contributed by atoms with E-state index in [1.807, 2.05) is 0 Å². The first-order valence-electron chi connectivity index (χ1n) is 5.23. The predicted octanol–water partition coefficient (Wildman–Crippen LogP) is 1.84. The van der Waals surface area contributed by atoms with Crippen LogP contribution in [0.5, 0.6) is 0 Å². The summed E-state index contributed by atoms with van der Waals surface area (Å²) in [5, 5.41) is 8.39. The van der Waals surface area contributed by atoms with Crippen molar-refractivity contribution in [2.45, 2.75) is 25.7 Å². The van der Waals surface area contributed by atoms with Crippen molar-refractivity contribution in [1.82, 2.24) is 0 Å². The minimum absolute atomic E-state index is 0.180. The summed E-state index contributed by atoms with van der Waals surface area (Å²) in [5.74, 6) is 1.32. The Bertz CT molecular complexity index is 209. The number of thioether (sulfide) groups is 1. The van der Waals surface area contributed by atoms with Gasteiger partial charge in [-0.1, -0.05) is 0 Å². The zero-order valence-corrected chi connectivity index (χ0v) is 10.9. The monoisotopic (exact) mass is 266 g/mol. The van der Waals surface area contributed by atoms with Gasteiger partial charge in [-0.25, -0.2) is 0 Å². The smallest absolute Gasteiger partial charge is 0.305 e. The topological polar surface area (TPSA) is 63.6 Å². The Morgan fingerprint density at radius 1 is 1.19 bits per heavy atom. The SMILES string of the molecule is O=C(O)CCCSCCCC(=O)OCCS. The fraction of sp³-hybridized carbons (Fsp3) is 0.800. The van der Waals surface area contributed by atoms with Crippen LogP contribution in [-0.4, -0.2) is 40.9 Å². The summed E-state index contributed by atoms with van der Waals surface area (Å²) in [7, 11) is 0. The number of carboxylic acids is 1. The fourth-order valence-electron chi connectivity index (χ4n) is 0.978. The molecule has 0 bridgehead atoms. The van der Waals surface area contributed by atoms with Crippen LogP contribution in [-0.2, 0) is 14.3 Å². The third-order valence-electron chi connectivity index (χ3n) is 1.70. The second-order valence-corrected chi connectivity index (χ2v) is 4.83. The Labute approximate surface area is 106 Å². The summed E-state index contributed by atoms with van der Waals surface area (Å²) in [6, 6.07) is 0. The molecule has 1 N–H and O–H groups in total. The molecule has 0 spiro atoms. The van der Waals surface area contributed by atoms with Crippen molar-refractivity contribution >= 4 is 36.3 Å². The minimum atomic E-state index is -0.754. The molecular formula is C10H18O4S2. The van der Waals surface area contributed by atoms with Gasteiger partial charge in [0, 0.05) is 18.6 Å². The van der Waals surface area contributed by atoms with Gasteiger partial charge in [-0.15, -0.1) is 0 Å². The third-order valence-corrected chi connectivity index (χ3v) is 3.04. The van der Waals surface area contributed by atoms with Crippen molar-refractivity contribution in [1.29, 1.82) is 0 Å². The van der Waals surface area contributed by atoms with E-state index in [1.54, 1.807) is 11.8 Å². The molecule has 0 fully saturated rings. The number of rotatable bonds is 10. The van der Waals surface area contributed by atoms with Gasteiger partial charge < -0.3 is 9.84 Å². The van der Waals surface area contributed by atoms with E-state index in [2.05, 4.69) is 12.6 Å². The van der Waals surface area contributed by atoms with Gasteiger partial charge in [0.25, 0.3) is 0 Å². The lowest BCUT2D eigenvalue weighted by atomic mass is 10.3. The van der Waals surface area contributed by atoms with Crippen LogP contribution in [0, 0.1) is 0 Å². The summed E-state index contributed by atoms with van der Waals surface area (Å²) in [6.07, 6.45) is 2.12. The van der Waals surface area contributed by atoms with Gasteiger partial charge >= 0.3 is 11.9 Å². The molecule has 0 saturated carbocycles. The molecule has 0 aromatic rings. The van der Waals surface area contributed by atoms with Crippen molar-refractivity contribution in [3.8, 4) is 0 Å². The number of esters is 1. The maximum atomic E-state index is 11.0. The molecule has 94 valence electrons. The second-order valence-electron chi connectivity index (χ2n) is 3.16. The number of thiol groups is 1. The number of carbonyl (C=O) groups excluding carboxylic acids is 1. The number of carboxylic acid groups (broad SMARTS) is 1. The van der Waals surface area contributed by atoms with Crippen LogP contribution in [0.25, 0.3) is 0 Å². The van der Waals surface area contributed by atoms with Crippen molar-refractivity contribution < 1.29 is 19.4 Å². The zero-order valence-electron chi connectivity index (χ0n) is 9.18. The summed E-state index contributed by atoms with van der Waals surface area (Å²) < 4.78 is 4.85. The largest absolute Gasteiger partial charge is 0.481 e. The summed E-state index contributed by atoms with van der Waals surface area (Å²) in [4.78, 5) is 21.2. The summed E-state index contributed by atoms with van der Waals surface area (Å²) in [6.45, 7) is 0.369. The Morgan fingerprint density at radius 2 is 1.81 bits per heavy atom. The van der Waals surface area contributed by atoms with E-state index < -0.39 is 5.97 Å². The average molecular weight is 266 g/mol. The molecule has 0 rings (SSSR count). The van der Waals surface area contributed by atoms with Crippen molar-refractivity contribution in [2.75, 3.05) is 23.9 Å². The number of hydrogen-bond acceptors (Lipinski definition) is 5. The van der Waals surface area contributed by atoms with Crippen molar-refractivity contribution in [3.05, 3.63) is 0 Å². The lowest BCUT2D eigenvalue weighted by Crippen LogP contribution is -2.06. The molecule has 0 aliphatic rings. The minimum Gasteiger partial charge on any atom is -0.481 e. The van der Waals surface area contributed by atoms with Crippen LogP contribution >= 0.6 is 24.4 Å². The molecule has 0 aliphatic carbocycles. The lowest BCUT2D eigenvalue weighted by Gasteiger charge is -2.02. The van der Waals surface area contributed by atoms with Crippen LogP contribution in [0.2, 0.25) is 0 Å². The molecular weight excluding hydrogens is 248 g/mol. The molecule has 4 nitrogen and oxygen atoms in total. The van der Waals surface area contributed by atoms with Crippen LogP contribution in [0.4, 0.5) is 0 Å². The quantitative estimate of drug-likeness (QED) is 0.359. The average Bonchev–Trinajstić information content (AvgIpc) is 2.24. The first-order chi connectivity index (χ1) is 7.66. The number of ether oxygens (including phenoxy) is 1. The number of carbonyl (C=O) groups is 2. The molecule has 16 heavy (non-hydrogen) atoms. The Morgan fingerprint density at radius 3 is 2.38 bits per heavy atom. The van der Waals surface area contributed by atoms with E-state index in [0.29, 0.717) is 25.2 Å². The highest BCUT2D eigenvalue weighted by atomic mass is 32.2. The molecule has 0 aliphatic heterocycles. The Balaban J connectivity index is 3.14. The normalized spacial score (nSPS) is 10.1. The highest BCUT2D eigenvalue weighted by Gasteiger charge is 2.02. The highest BCUT2D eigenvalue weighted by molar-refractivity contribution is 7.99. The summed E-state index contributed by atoms with van der Waals surface area (Å²) in [5.41, 5.74) is 0. The molecule has 0 unspecified atom stereocenters. The van der Waals surface area contributed by atoms with E-state index in [1.165, 1.54) is 0 Å². The molecule has 6 heteroatoms. The molecule has 0 aromatic carbocycles. The van der Waals surface area contributed by atoms with E-state index in [4.69, 9.17) is 9.84 Å². The second kappa shape index (κ2) is 11.1. The summed E-state index contributed by atoms with van der Waals surface area (Å²) >= 11 is 5.61. The maximum Gasteiger partial charge on any atom is 0.305 e. The molecule has 0 heterocycles. The van der Waals surface area contributed by atoms with E-state index in [9.17, 15) is 9.59 Å². The zero-order chi connectivity index (χ0) is 12.2. The van der Waals surface area contributed by atoms with E-state index in [0.717, 1.165) is 17.9 Å². The Kier molecular flexibility index (Phi) is 10.9. The van der Waals surface area contributed by atoms with Gasteiger partial charge in [-0.2, -0.15) is 24.4 Å². The molecule has 0 aromatic heterocycles. The van der Waals surface area contributed by atoms with E-state index >= 15 is 0 Å². The first kappa shape index (κ1) is 15.6. The standard InChI is InChI=1S/C10H18O4S2/c11-9(12)3-1-7-16-8-2-4-10(13)14-5-6-15/h15H,1-8H2,(H,11,12). The van der Waals surface area contributed by atoms with Gasteiger partial charge in [0.2, 0.25) is 0 Å². The number of aliphatic carboxylic acids is 1. The molecule has 0 saturated heterocycles. The van der Waals surface area contributed by atoms with E-state index in [-0.39, 0.29) is 12.4 Å². The fourth-order valence-corrected chi connectivity index (χ4v) is 1.97. The highest BCUT2D eigenvalue weighted by Crippen LogP contribution is 2.08. The molecule has 0 radical (unpaired) electrons. The predicted molar refractivity (Wildman–Crippen MR) is 68.2 cm³/mol. The van der Waals surface area contributed by atoms with Crippen LogP contribution in [0.1, 0.15) is 25.7 Å². The van der Waals surface area contributed by atoms with Crippen LogP contribution < -0.4 is 0 Å². The van der Waals surface area contributed by atoms with Crippen LogP contribution in [0.3, 0.4) is 0 Å². The van der Waals surface area contributed by atoms with Gasteiger partial charge in [0.1, 0.15) is 6.61 Å². The van der Waals surface area contributed by atoms with Gasteiger partial charge in [-0.3, -0.25) is 9.59 Å². The van der Waals surface area contributed by atoms with Crippen molar-refractivity contribution in [2.24, 2.45) is 0 Å². The number of hydrogen-bond donors (Lipinski definition) is 2. The van der Waals surface area contributed by atoms with Crippen LogP contribution in [0.15, 0.2) is 0 Å². The third kappa shape index (κ3) is 11.7. The van der Waals surface area contributed by atoms with Gasteiger partial charge in [0.05, 0.1) is 0 Å². The maximum absolute atomic E-state index is 11.0. The first-order valence-corrected chi connectivity index (χ1v) is 7.01. The molecule has 0 atom stereocenters.